The normalized spacial score (nSPS) is 15.3. The van der Waals surface area contributed by atoms with Crippen LogP contribution in [0.3, 0.4) is 0 Å². The molecule has 1 aliphatic rings. The van der Waals surface area contributed by atoms with Crippen molar-refractivity contribution in [2.24, 2.45) is 0 Å². The van der Waals surface area contributed by atoms with Gasteiger partial charge in [-0.15, -0.1) is 0 Å². The SMILES string of the molecule is CCN1CCN(C(=O)c2cc(Nc3cccc(C)c3)ncn2)CC1. The van der Waals surface area contributed by atoms with Gasteiger partial charge in [-0.05, 0) is 31.2 Å². The van der Waals surface area contributed by atoms with Gasteiger partial charge in [-0.25, -0.2) is 9.97 Å². The lowest BCUT2D eigenvalue weighted by Gasteiger charge is -2.33. The number of hydrogen-bond acceptors (Lipinski definition) is 5. The molecule has 2 heterocycles. The first-order chi connectivity index (χ1) is 11.7. The van der Waals surface area contributed by atoms with Gasteiger partial charge >= 0.3 is 0 Å². The van der Waals surface area contributed by atoms with E-state index in [9.17, 15) is 4.79 Å². The minimum Gasteiger partial charge on any atom is -0.340 e. The molecule has 1 amide bonds. The van der Waals surface area contributed by atoms with Gasteiger partial charge in [0, 0.05) is 37.9 Å². The van der Waals surface area contributed by atoms with Crippen LogP contribution < -0.4 is 5.32 Å². The Hall–Kier alpha value is -2.47. The van der Waals surface area contributed by atoms with E-state index in [0.29, 0.717) is 11.5 Å². The highest BCUT2D eigenvalue weighted by atomic mass is 16.2. The standard InChI is InChI=1S/C18H23N5O/c1-3-22-7-9-23(10-8-22)18(24)16-12-17(20-13-19-16)21-15-6-4-5-14(2)11-15/h4-6,11-13H,3,7-10H2,1-2H3,(H,19,20,21). The zero-order valence-electron chi connectivity index (χ0n) is 14.2. The first kappa shape index (κ1) is 16.4. The molecule has 1 aliphatic heterocycles. The topological polar surface area (TPSA) is 61.4 Å². The number of nitrogens with zero attached hydrogens (tertiary/aromatic N) is 4. The Labute approximate surface area is 142 Å². The van der Waals surface area contributed by atoms with Crippen molar-refractivity contribution in [3.63, 3.8) is 0 Å². The number of carbonyl (C=O) groups is 1. The fourth-order valence-corrected chi connectivity index (χ4v) is 2.84. The lowest BCUT2D eigenvalue weighted by molar-refractivity contribution is 0.0637. The molecule has 24 heavy (non-hydrogen) atoms. The Morgan fingerprint density at radius 2 is 1.96 bits per heavy atom. The van der Waals surface area contributed by atoms with Crippen LogP contribution in [-0.2, 0) is 0 Å². The van der Waals surface area contributed by atoms with Crippen molar-refractivity contribution in [2.75, 3.05) is 38.0 Å². The molecule has 6 nitrogen and oxygen atoms in total. The van der Waals surface area contributed by atoms with Gasteiger partial charge in [0.1, 0.15) is 17.8 Å². The van der Waals surface area contributed by atoms with E-state index in [0.717, 1.165) is 38.4 Å². The van der Waals surface area contributed by atoms with E-state index in [1.54, 1.807) is 6.07 Å². The second kappa shape index (κ2) is 7.40. The zero-order chi connectivity index (χ0) is 16.9. The number of likely N-dealkylation sites (N-methyl/N-ethyl adjacent to an activating group) is 1. The highest BCUT2D eigenvalue weighted by Crippen LogP contribution is 2.16. The number of nitrogens with one attached hydrogen (secondary N) is 1. The fraction of sp³-hybridized carbons (Fsp3) is 0.389. The number of aryl methyl sites for hydroxylation is 1. The van der Waals surface area contributed by atoms with Crippen molar-refractivity contribution in [3.8, 4) is 0 Å². The smallest absolute Gasteiger partial charge is 0.272 e. The van der Waals surface area contributed by atoms with Crippen molar-refractivity contribution >= 4 is 17.4 Å². The summed E-state index contributed by atoms with van der Waals surface area (Å²) in [6.07, 6.45) is 1.44. The molecule has 1 N–H and O–H groups in total. The van der Waals surface area contributed by atoms with Crippen molar-refractivity contribution in [1.82, 2.24) is 19.8 Å². The molecule has 1 saturated heterocycles. The highest BCUT2D eigenvalue weighted by molar-refractivity contribution is 5.93. The molecule has 0 unspecified atom stereocenters. The van der Waals surface area contributed by atoms with E-state index in [1.807, 2.05) is 36.1 Å². The van der Waals surface area contributed by atoms with Crippen molar-refractivity contribution in [1.29, 1.82) is 0 Å². The number of amides is 1. The molecule has 1 aromatic carbocycles. The number of carbonyl (C=O) groups excluding carboxylic acids is 1. The van der Waals surface area contributed by atoms with Crippen LogP contribution in [0, 0.1) is 6.92 Å². The van der Waals surface area contributed by atoms with E-state index >= 15 is 0 Å². The Kier molecular flexibility index (Phi) is 5.05. The Balaban J connectivity index is 1.69. The summed E-state index contributed by atoms with van der Waals surface area (Å²) in [5, 5.41) is 3.23. The number of rotatable bonds is 4. The lowest BCUT2D eigenvalue weighted by Crippen LogP contribution is -2.48. The molecule has 0 aliphatic carbocycles. The van der Waals surface area contributed by atoms with Gasteiger partial charge in [0.2, 0.25) is 0 Å². The van der Waals surface area contributed by atoms with Gasteiger partial charge in [0.05, 0.1) is 0 Å². The van der Waals surface area contributed by atoms with Gasteiger partial charge in [-0.1, -0.05) is 19.1 Å². The van der Waals surface area contributed by atoms with Crippen LogP contribution >= 0.6 is 0 Å². The van der Waals surface area contributed by atoms with Crippen LogP contribution in [0.15, 0.2) is 36.7 Å². The average molecular weight is 325 g/mol. The summed E-state index contributed by atoms with van der Waals surface area (Å²) in [6, 6.07) is 9.75. The molecule has 0 radical (unpaired) electrons. The molecule has 2 aromatic rings. The quantitative estimate of drug-likeness (QED) is 0.935. The van der Waals surface area contributed by atoms with Crippen molar-refractivity contribution in [3.05, 3.63) is 47.9 Å². The van der Waals surface area contributed by atoms with Crippen molar-refractivity contribution < 1.29 is 4.79 Å². The van der Waals surface area contributed by atoms with Gasteiger partial charge in [-0.3, -0.25) is 4.79 Å². The average Bonchev–Trinajstić information content (AvgIpc) is 2.61. The minimum atomic E-state index is -0.0274. The molecule has 3 rings (SSSR count). The summed E-state index contributed by atoms with van der Waals surface area (Å²) in [4.78, 5) is 25.2. The Morgan fingerprint density at radius 3 is 2.67 bits per heavy atom. The number of hydrogen-bond donors (Lipinski definition) is 1. The Morgan fingerprint density at radius 1 is 1.17 bits per heavy atom. The Bertz CT molecular complexity index is 710. The van der Waals surface area contributed by atoms with Gasteiger partial charge in [-0.2, -0.15) is 0 Å². The fourth-order valence-electron chi connectivity index (χ4n) is 2.84. The number of anilines is 2. The van der Waals surface area contributed by atoms with E-state index in [4.69, 9.17) is 0 Å². The second-order valence-corrected chi connectivity index (χ2v) is 6.01. The third kappa shape index (κ3) is 3.89. The summed E-state index contributed by atoms with van der Waals surface area (Å²) in [5.74, 6) is 0.603. The van der Waals surface area contributed by atoms with Crippen LogP contribution in [0.2, 0.25) is 0 Å². The molecule has 0 spiro atoms. The predicted octanol–water partition coefficient (Wildman–Crippen LogP) is 2.31. The monoisotopic (exact) mass is 325 g/mol. The van der Waals surface area contributed by atoms with E-state index in [2.05, 4.69) is 27.1 Å². The van der Waals surface area contributed by atoms with Gasteiger partial charge < -0.3 is 15.1 Å². The third-order valence-corrected chi connectivity index (χ3v) is 4.28. The lowest BCUT2D eigenvalue weighted by atomic mass is 10.2. The first-order valence-corrected chi connectivity index (χ1v) is 8.33. The number of piperazine rings is 1. The van der Waals surface area contributed by atoms with Crippen LogP contribution in [0.4, 0.5) is 11.5 Å². The van der Waals surface area contributed by atoms with Crippen LogP contribution in [0.1, 0.15) is 23.0 Å². The summed E-state index contributed by atoms with van der Waals surface area (Å²) >= 11 is 0. The third-order valence-electron chi connectivity index (χ3n) is 4.28. The van der Waals surface area contributed by atoms with Crippen LogP contribution in [-0.4, -0.2) is 58.4 Å². The molecule has 1 fully saturated rings. The molecule has 0 bridgehead atoms. The maximum Gasteiger partial charge on any atom is 0.272 e. The molecular formula is C18H23N5O. The van der Waals surface area contributed by atoms with E-state index < -0.39 is 0 Å². The number of benzene rings is 1. The number of aromatic nitrogens is 2. The van der Waals surface area contributed by atoms with Gasteiger partial charge in [0.25, 0.3) is 5.91 Å². The highest BCUT2D eigenvalue weighted by Gasteiger charge is 2.22. The van der Waals surface area contributed by atoms with Crippen LogP contribution in [0.25, 0.3) is 0 Å². The molecule has 0 atom stereocenters. The summed E-state index contributed by atoms with van der Waals surface area (Å²) < 4.78 is 0. The molecule has 0 saturated carbocycles. The maximum absolute atomic E-state index is 12.6. The maximum atomic E-state index is 12.6. The first-order valence-electron chi connectivity index (χ1n) is 8.33. The summed E-state index contributed by atoms with van der Waals surface area (Å²) in [5.41, 5.74) is 2.55. The summed E-state index contributed by atoms with van der Waals surface area (Å²) in [7, 11) is 0. The summed E-state index contributed by atoms with van der Waals surface area (Å²) in [6.45, 7) is 8.54. The molecular weight excluding hydrogens is 302 g/mol. The second-order valence-electron chi connectivity index (χ2n) is 6.01. The van der Waals surface area contributed by atoms with E-state index in [1.165, 1.54) is 11.9 Å². The largest absolute Gasteiger partial charge is 0.340 e. The predicted molar refractivity (Wildman–Crippen MR) is 94.5 cm³/mol. The molecule has 126 valence electrons. The van der Waals surface area contributed by atoms with Crippen LogP contribution in [0.5, 0.6) is 0 Å². The van der Waals surface area contributed by atoms with Crippen molar-refractivity contribution in [2.45, 2.75) is 13.8 Å². The van der Waals surface area contributed by atoms with E-state index in [-0.39, 0.29) is 5.91 Å². The molecule has 6 heteroatoms. The zero-order valence-corrected chi connectivity index (χ0v) is 14.2. The minimum absolute atomic E-state index is 0.0274. The molecule has 1 aromatic heterocycles. The van der Waals surface area contributed by atoms with Gasteiger partial charge in [0.15, 0.2) is 0 Å².